The first-order valence-corrected chi connectivity index (χ1v) is 6.83. The Balaban J connectivity index is 2.03. The second-order valence-electron chi connectivity index (χ2n) is 5.51. The predicted octanol–water partition coefficient (Wildman–Crippen LogP) is 1.63. The summed E-state index contributed by atoms with van der Waals surface area (Å²) in [4.78, 5) is 27.0. The van der Waals surface area contributed by atoms with Crippen molar-refractivity contribution < 1.29 is 14.7 Å². The van der Waals surface area contributed by atoms with E-state index in [4.69, 9.17) is 0 Å². The van der Waals surface area contributed by atoms with Crippen LogP contribution in [0.15, 0.2) is 0 Å². The zero-order chi connectivity index (χ0) is 13.3. The van der Waals surface area contributed by atoms with Crippen molar-refractivity contribution in [2.45, 2.75) is 39.2 Å². The van der Waals surface area contributed by atoms with Gasteiger partial charge in [0.2, 0.25) is 0 Å². The molecule has 2 aliphatic rings. The summed E-state index contributed by atoms with van der Waals surface area (Å²) in [5.41, 5.74) is 0. The minimum Gasteiger partial charge on any atom is -0.480 e. The number of likely N-dealkylation sites (tertiary alicyclic amines) is 1. The molecule has 2 amide bonds. The summed E-state index contributed by atoms with van der Waals surface area (Å²) in [6.45, 7) is 5.87. The number of carboxylic acids is 1. The van der Waals surface area contributed by atoms with Crippen LogP contribution in [0, 0.1) is 11.8 Å². The Kier molecular flexibility index (Phi) is 3.78. The fourth-order valence-corrected chi connectivity index (χ4v) is 2.67. The summed E-state index contributed by atoms with van der Waals surface area (Å²) in [6.07, 6.45) is 3.18. The first-order chi connectivity index (χ1) is 8.54. The van der Waals surface area contributed by atoms with Gasteiger partial charge in [-0.2, -0.15) is 0 Å². The second-order valence-corrected chi connectivity index (χ2v) is 5.51. The zero-order valence-electron chi connectivity index (χ0n) is 11.1. The standard InChI is InChI=1S/C13H22N2O3/c1-3-14(8-10-4-5-10)13(18)15-7-6-9(2)11(15)12(16)17/h9-11H,3-8H2,1-2H3,(H,16,17). The summed E-state index contributed by atoms with van der Waals surface area (Å²) < 4.78 is 0. The van der Waals surface area contributed by atoms with Gasteiger partial charge in [-0.25, -0.2) is 9.59 Å². The quantitative estimate of drug-likeness (QED) is 0.829. The van der Waals surface area contributed by atoms with E-state index in [9.17, 15) is 14.7 Å². The molecule has 0 bridgehead atoms. The molecule has 0 aromatic heterocycles. The molecule has 0 radical (unpaired) electrons. The van der Waals surface area contributed by atoms with Crippen LogP contribution in [-0.4, -0.2) is 52.6 Å². The minimum atomic E-state index is -0.879. The maximum Gasteiger partial charge on any atom is 0.326 e. The number of carbonyl (C=O) groups excluding carboxylic acids is 1. The normalized spacial score (nSPS) is 27.3. The summed E-state index contributed by atoms with van der Waals surface area (Å²) in [6, 6.07) is -0.744. The molecule has 0 aromatic carbocycles. The lowest BCUT2D eigenvalue weighted by molar-refractivity contribution is -0.142. The van der Waals surface area contributed by atoms with E-state index < -0.39 is 12.0 Å². The SMILES string of the molecule is CCN(CC1CC1)C(=O)N1CCC(C)C1C(=O)O. The van der Waals surface area contributed by atoms with Crippen molar-refractivity contribution in [3.05, 3.63) is 0 Å². The Bertz CT molecular complexity index is 341. The molecule has 102 valence electrons. The molecule has 18 heavy (non-hydrogen) atoms. The first-order valence-electron chi connectivity index (χ1n) is 6.83. The van der Waals surface area contributed by atoms with E-state index in [-0.39, 0.29) is 11.9 Å². The number of carbonyl (C=O) groups is 2. The Hall–Kier alpha value is -1.26. The molecule has 2 atom stereocenters. The van der Waals surface area contributed by atoms with Gasteiger partial charge in [0.1, 0.15) is 6.04 Å². The summed E-state index contributed by atoms with van der Waals surface area (Å²) >= 11 is 0. The number of rotatable bonds is 4. The van der Waals surface area contributed by atoms with Gasteiger partial charge in [-0.3, -0.25) is 0 Å². The van der Waals surface area contributed by atoms with Crippen molar-refractivity contribution in [3.8, 4) is 0 Å². The summed E-state index contributed by atoms with van der Waals surface area (Å²) in [7, 11) is 0. The van der Waals surface area contributed by atoms with E-state index >= 15 is 0 Å². The van der Waals surface area contributed by atoms with Gasteiger partial charge in [-0.05, 0) is 38.0 Å². The van der Waals surface area contributed by atoms with Gasteiger partial charge < -0.3 is 14.9 Å². The molecule has 1 aliphatic carbocycles. The highest BCUT2D eigenvalue weighted by Gasteiger charge is 2.41. The van der Waals surface area contributed by atoms with Crippen molar-refractivity contribution in [3.63, 3.8) is 0 Å². The van der Waals surface area contributed by atoms with Crippen LogP contribution in [0.5, 0.6) is 0 Å². The molecule has 0 aromatic rings. The number of urea groups is 1. The van der Waals surface area contributed by atoms with Crippen LogP contribution in [0.1, 0.15) is 33.1 Å². The third kappa shape index (κ3) is 2.60. The van der Waals surface area contributed by atoms with E-state index in [1.54, 1.807) is 9.80 Å². The van der Waals surface area contributed by atoms with Gasteiger partial charge in [-0.15, -0.1) is 0 Å². The molecule has 1 saturated heterocycles. The number of carboxylic acid groups (broad SMARTS) is 1. The molecule has 2 fully saturated rings. The fraction of sp³-hybridized carbons (Fsp3) is 0.846. The Morgan fingerprint density at radius 3 is 2.50 bits per heavy atom. The van der Waals surface area contributed by atoms with Crippen molar-refractivity contribution in [1.29, 1.82) is 0 Å². The van der Waals surface area contributed by atoms with Crippen LogP contribution in [0.25, 0.3) is 0 Å². The van der Waals surface area contributed by atoms with Crippen molar-refractivity contribution in [2.75, 3.05) is 19.6 Å². The van der Waals surface area contributed by atoms with Gasteiger partial charge in [0.25, 0.3) is 0 Å². The van der Waals surface area contributed by atoms with Gasteiger partial charge in [0, 0.05) is 19.6 Å². The highest BCUT2D eigenvalue weighted by molar-refractivity contribution is 5.83. The van der Waals surface area contributed by atoms with E-state index in [1.165, 1.54) is 12.8 Å². The number of aliphatic carboxylic acids is 1. The lowest BCUT2D eigenvalue weighted by Gasteiger charge is -2.30. The predicted molar refractivity (Wildman–Crippen MR) is 67.3 cm³/mol. The molecule has 1 aliphatic heterocycles. The molecule has 2 unspecified atom stereocenters. The molecule has 0 spiro atoms. The van der Waals surface area contributed by atoms with Crippen LogP contribution in [-0.2, 0) is 4.79 Å². The first kappa shape index (κ1) is 13.2. The maximum absolute atomic E-state index is 12.4. The van der Waals surface area contributed by atoms with Crippen molar-refractivity contribution in [1.82, 2.24) is 9.80 Å². The minimum absolute atomic E-state index is 0.0473. The number of nitrogens with zero attached hydrogens (tertiary/aromatic N) is 2. The smallest absolute Gasteiger partial charge is 0.326 e. The number of amides is 2. The number of hydrogen-bond donors (Lipinski definition) is 1. The van der Waals surface area contributed by atoms with Gasteiger partial charge in [0.05, 0.1) is 0 Å². The van der Waals surface area contributed by atoms with Gasteiger partial charge >= 0.3 is 12.0 Å². The maximum atomic E-state index is 12.4. The van der Waals surface area contributed by atoms with Crippen LogP contribution in [0.4, 0.5) is 4.79 Å². The van der Waals surface area contributed by atoms with E-state index in [2.05, 4.69) is 0 Å². The summed E-state index contributed by atoms with van der Waals surface area (Å²) in [5, 5.41) is 9.24. The Morgan fingerprint density at radius 2 is 2.00 bits per heavy atom. The van der Waals surface area contributed by atoms with Crippen molar-refractivity contribution >= 4 is 12.0 Å². The Labute approximate surface area is 108 Å². The lowest BCUT2D eigenvalue weighted by atomic mass is 10.0. The van der Waals surface area contributed by atoms with Crippen LogP contribution >= 0.6 is 0 Å². The van der Waals surface area contributed by atoms with Gasteiger partial charge in [-0.1, -0.05) is 6.92 Å². The Morgan fingerprint density at radius 1 is 1.33 bits per heavy atom. The lowest BCUT2D eigenvalue weighted by Crippen LogP contribution is -2.49. The molecule has 5 heteroatoms. The molecule has 2 rings (SSSR count). The van der Waals surface area contributed by atoms with Crippen LogP contribution in [0.2, 0.25) is 0 Å². The highest BCUT2D eigenvalue weighted by atomic mass is 16.4. The van der Waals surface area contributed by atoms with Crippen LogP contribution in [0.3, 0.4) is 0 Å². The van der Waals surface area contributed by atoms with Crippen molar-refractivity contribution in [2.24, 2.45) is 11.8 Å². The van der Waals surface area contributed by atoms with Gasteiger partial charge in [0.15, 0.2) is 0 Å². The van der Waals surface area contributed by atoms with E-state index in [1.807, 2.05) is 13.8 Å². The van der Waals surface area contributed by atoms with E-state index in [0.29, 0.717) is 19.0 Å². The molecular formula is C13H22N2O3. The number of hydrogen-bond acceptors (Lipinski definition) is 2. The highest BCUT2D eigenvalue weighted by Crippen LogP contribution is 2.31. The molecule has 5 nitrogen and oxygen atoms in total. The molecule has 1 saturated carbocycles. The fourth-order valence-electron chi connectivity index (χ4n) is 2.67. The molecule has 1 N–H and O–H groups in total. The summed E-state index contributed by atoms with van der Waals surface area (Å²) in [5.74, 6) is -0.195. The largest absolute Gasteiger partial charge is 0.480 e. The van der Waals surface area contributed by atoms with E-state index in [0.717, 1.165) is 13.0 Å². The third-order valence-corrected chi connectivity index (χ3v) is 4.03. The molecule has 1 heterocycles. The second kappa shape index (κ2) is 5.16. The average molecular weight is 254 g/mol. The third-order valence-electron chi connectivity index (χ3n) is 4.03. The average Bonchev–Trinajstić information content (AvgIpc) is 3.06. The zero-order valence-corrected chi connectivity index (χ0v) is 11.1. The topological polar surface area (TPSA) is 60.9 Å². The molecular weight excluding hydrogens is 232 g/mol. The van der Waals surface area contributed by atoms with Crippen LogP contribution < -0.4 is 0 Å². The monoisotopic (exact) mass is 254 g/mol.